The van der Waals surface area contributed by atoms with Crippen molar-refractivity contribution in [2.75, 3.05) is 13.2 Å². The Morgan fingerprint density at radius 3 is 3.00 bits per heavy atom. The predicted molar refractivity (Wildman–Crippen MR) is 51.7 cm³/mol. The van der Waals surface area contributed by atoms with Crippen LogP contribution in [0.2, 0.25) is 0 Å². The average Bonchev–Trinajstić information content (AvgIpc) is 2.23. The first-order valence-electron chi connectivity index (χ1n) is 4.48. The highest BCUT2D eigenvalue weighted by Gasteiger charge is 2.01. The number of aliphatic hydroxyl groups excluding tert-OH is 1. The number of hydrogen-bond donors (Lipinski definition) is 2. The maximum absolute atomic E-state index is 12.7. The van der Waals surface area contributed by atoms with Crippen molar-refractivity contribution in [2.45, 2.75) is 6.54 Å². The highest BCUT2D eigenvalue weighted by molar-refractivity contribution is 5.67. The average molecular weight is 213 g/mol. The molecule has 15 heavy (non-hydrogen) atoms. The Kier molecular flexibility index (Phi) is 4.56. The molecule has 5 heteroatoms. The van der Waals surface area contributed by atoms with E-state index in [9.17, 15) is 9.18 Å². The lowest BCUT2D eigenvalue weighted by molar-refractivity contribution is 0.119. The smallest absolute Gasteiger partial charge is 0.407 e. The fourth-order valence-electron chi connectivity index (χ4n) is 1.01. The molecular formula is C10H12FNO3. The Morgan fingerprint density at radius 1 is 1.53 bits per heavy atom. The Balaban J connectivity index is 2.33. The van der Waals surface area contributed by atoms with Crippen LogP contribution in [0.3, 0.4) is 0 Å². The monoisotopic (exact) mass is 213 g/mol. The van der Waals surface area contributed by atoms with Crippen molar-refractivity contribution in [3.05, 3.63) is 35.6 Å². The summed E-state index contributed by atoms with van der Waals surface area (Å²) in [6.07, 6.45) is -0.631. The van der Waals surface area contributed by atoms with Crippen molar-refractivity contribution in [3.8, 4) is 0 Å². The van der Waals surface area contributed by atoms with Crippen molar-refractivity contribution in [2.24, 2.45) is 0 Å². The molecule has 0 atom stereocenters. The molecule has 0 aliphatic rings. The number of hydrogen-bond acceptors (Lipinski definition) is 3. The van der Waals surface area contributed by atoms with Gasteiger partial charge in [0.1, 0.15) is 12.4 Å². The third kappa shape index (κ3) is 4.42. The third-order valence-corrected chi connectivity index (χ3v) is 1.65. The van der Waals surface area contributed by atoms with E-state index in [1.54, 1.807) is 12.1 Å². The van der Waals surface area contributed by atoms with E-state index in [0.717, 1.165) is 0 Å². The van der Waals surface area contributed by atoms with Crippen LogP contribution in [-0.2, 0) is 11.3 Å². The molecule has 0 saturated carbocycles. The highest BCUT2D eigenvalue weighted by Crippen LogP contribution is 2.02. The molecule has 1 amide bonds. The van der Waals surface area contributed by atoms with Gasteiger partial charge in [0.15, 0.2) is 0 Å². The minimum Gasteiger partial charge on any atom is -0.447 e. The number of halogens is 1. The van der Waals surface area contributed by atoms with Crippen LogP contribution >= 0.6 is 0 Å². The van der Waals surface area contributed by atoms with Gasteiger partial charge in [-0.1, -0.05) is 12.1 Å². The van der Waals surface area contributed by atoms with Crippen molar-refractivity contribution in [1.82, 2.24) is 5.32 Å². The van der Waals surface area contributed by atoms with Crippen LogP contribution in [-0.4, -0.2) is 24.4 Å². The number of aliphatic hydroxyl groups is 1. The SMILES string of the molecule is O=C(NCc1cccc(F)c1)OCCO. The van der Waals surface area contributed by atoms with Crippen LogP contribution in [0.1, 0.15) is 5.56 Å². The van der Waals surface area contributed by atoms with Crippen molar-refractivity contribution >= 4 is 6.09 Å². The lowest BCUT2D eigenvalue weighted by Gasteiger charge is -2.05. The standard InChI is InChI=1S/C10H12FNO3/c11-9-3-1-2-8(6-9)7-12-10(14)15-5-4-13/h1-3,6,13H,4-5,7H2,(H,12,14). The quantitative estimate of drug-likeness (QED) is 0.785. The summed E-state index contributed by atoms with van der Waals surface area (Å²) in [6, 6.07) is 5.90. The number of carbonyl (C=O) groups is 1. The lowest BCUT2D eigenvalue weighted by Crippen LogP contribution is -2.24. The number of nitrogens with one attached hydrogen (secondary N) is 1. The molecule has 2 N–H and O–H groups in total. The first-order valence-corrected chi connectivity index (χ1v) is 4.48. The molecule has 0 spiro atoms. The number of ether oxygens (including phenoxy) is 1. The predicted octanol–water partition coefficient (Wildman–Crippen LogP) is 1.04. The summed E-state index contributed by atoms with van der Waals surface area (Å²) in [5.41, 5.74) is 0.649. The van der Waals surface area contributed by atoms with Crippen molar-refractivity contribution in [3.63, 3.8) is 0 Å². The molecule has 0 aliphatic heterocycles. The zero-order valence-corrected chi connectivity index (χ0v) is 8.07. The minimum absolute atomic E-state index is 0.0466. The molecule has 0 unspecified atom stereocenters. The van der Waals surface area contributed by atoms with Gasteiger partial charge in [-0.05, 0) is 17.7 Å². The minimum atomic E-state index is -0.631. The fraction of sp³-hybridized carbons (Fsp3) is 0.300. The summed E-state index contributed by atoms with van der Waals surface area (Å²) in [5, 5.41) is 10.8. The molecule has 0 saturated heterocycles. The maximum Gasteiger partial charge on any atom is 0.407 e. The van der Waals surface area contributed by atoms with E-state index in [1.165, 1.54) is 12.1 Å². The Hall–Kier alpha value is -1.62. The van der Waals surface area contributed by atoms with E-state index in [-0.39, 0.29) is 25.6 Å². The number of amides is 1. The molecule has 0 radical (unpaired) electrons. The summed E-state index contributed by atoms with van der Waals surface area (Å²) in [5.74, 6) is -0.349. The van der Waals surface area contributed by atoms with Crippen LogP contribution in [0, 0.1) is 5.82 Å². The molecule has 0 aromatic heterocycles. The van der Waals surface area contributed by atoms with Crippen LogP contribution in [0.4, 0.5) is 9.18 Å². The van der Waals surface area contributed by atoms with E-state index in [1.807, 2.05) is 0 Å². The summed E-state index contributed by atoms with van der Waals surface area (Å²) in [4.78, 5) is 10.9. The topological polar surface area (TPSA) is 58.6 Å². The molecule has 1 aromatic rings. The Bertz CT molecular complexity index is 330. The first kappa shape index (κ1) is 11.5. The summed E-state index contributed by atoms with van der Waals surface area (Å²) < 4.78 is 17.3. The molecule has 0 aliphatic carbocycles. The summed E-state index contributed by atoms with van der Waals surface area (Å²) >= 11 is 0. The number of carbonyl (C=O) groups excluding carboxylic acids is 1. The molecule has 0 heterocycles. The van der Waals surface area contributed by atoms with E-state index in [2.05, 4.69) is 10.1 Å². The molecule has 1 aromatic carbocycles. The molecule has 0 fully saturated rings. The molecular weight excluding hydrogens is 201 g/mol. The normalized spacial score (nSPS) is 9.73. The molecule has 4 nitrogen and oxygen atoms in total. The van der Waals surface area contributed by atoms with Gasteiger partial charge in [0.05, 0.1) is 6.61 Å². The molecule has 0 bridgehead atoms. The zero-order chi connectivity index (χ0) is 11.1. The van der Waals surface area contributed by atoms with E-state index < -0.39 is 6.09 Å². The van der Waals surface area contributed by atoms with Crippen LogP contribution in [0.15, 0.2) is 24.3 Å². The second-order valence-electron chi connectivity index (χ2n) is 2.84. The molecule has 1 rings (SSSR count). The Morgan fingerprint density at radius 2 is 2.33 bits per heavy atom. The van der Waals surface area contributed by atoms with Gasteiger partial charge in [-0.25, -0.2) is 9.18 Å². The van der Waals surface area contributed by atoms with Crippen LogP contribution < -0.4 is 5.32 Å². The summed E-state index contributed by atoms with van der Waals surface area (Å²) in [7, 11) is 0. The van der Waals surface area contributed by atoms with Gasteiger partial charge in [0.25, 0.3) is 0 Å². The third-order valence-electron chi connectivity index (χ3n) is 1.65. The number of alkyl carbamates (subject to hydrolysis) is 1. The summed E-state index contributed by atoms with van der Waals surface area (Å²) in [6.45, 7) is -0.0651. The number of rotatable bonds is 4. The second kappa shape index (κ2) is 5.98. The van der Waals surface area contributed by atoms with Crippen molar-refractivity contribution in [1.29, 1.82) is 0 Å². The zero-order valence-electron chi connectivity index (χ0n) is 8.07. The van der Waals surface area contributed by atoms with Gasteiger partial charge in [0, 0.05) is 6.54 Å². The van der Waals surface area contributed by atoms with Gasteiger partial charge in [-0.2, -0.15) is 0 Å². The Labute approximate surface area is 86.7 Å². The first-order chi connectivity index (χ1) is 7.22. The van der Waals surface area contributed by atoms with E-state index >= 15 is 0 Å². The second-order valence-corrected chi connectivity index (χ2v) is 2.84. The lowest BCUT2D eigenvalue weighted by atomic mass is 10.2. The van der Waals surface area contributed by atoms with Crippen LogP contribution in [0.5, 0.6) is 0 Å². The maximum atomic E-state index is 12.7. The highest BCUT2D eigenvalue weighted by atomic mass is 19.1. The van der Waals surface area contributed by atoms with E-state index in [4.69, 9.17) is 5.11 Å². The largest absolute Gasteiger partial charge is 0.447 e. The van der Waals surface area contributed by atoms with Gasteiger partial charge < -0.3 is 15.2 Å². The fourth-order valence-corrected chi connectivity index (χ4v) is 1.01. The molecule has 82 valence electrons. The number of benzene rings is 1. The van der Waals surface area contributed by atoms with Crippen molar-refractivity contribution < 1.29 is 19.0 Å². The van der Waals surface area contributed by atoms with Gasteiger partial charge in [-0.15, -0.1) is 0 Å². The van der Waals surface area contributed by atoms with Gasteiger partial charge >= 0.3 is 6.09 Å². The van der Waals surface area contributed by atoms with Crippen LogP contribution in [0.25, 0.3) is 0 Å². The van der Waals surface area contributed by atoms with E-state index in [0.29, 0.717) is 5.56 Å². The van der Waals surface area contributed by atoms with Gasteiger partial charge in [0.2, 0.25) is 0 Å². The van der Waals surface area contributed by atoms with Gasteiger partial charge in [-0.3, -0.25) is 0 Å².